The zero-order chi connectivity index (χ0) is 17.1. The van der Waals surface area contributed by atoms with Gasteiger partial charge in [0.2, 0.25) is 0 Å². The lowest BCUT2D eigenvalue weighted by atomic mass is 9.84. The van der Waals surface area contributed by atoms with Gasteiger partial charge in [0.25, 0.3) is 0 Å². The summed E-state index contributed by atoms with van der Waals surface area (Å²) in [7, 11) is 0. The third kappa shape index (κ3) is 4.01. The van der Waals surface area contributed by atoms with Crippen LogP contribution in [-0.2, 0) is 0 Å². The lowest BCUT2D eigenvalue weighted by Crippen LogP contribution is -2.91. The molecule has 0 aromatic rings. The van der Waals surface area contributed by atoms with E-state index < -0.39 is 0 Å². The van der Waals surface area contributed by atoms with Crippen LogP contribution < -0.4 is 5.59 Å². The zero-order valence-corrected chi connectivity index (χ0v) is 15.6. The third-order valence-electron chi connectivity index (χ3n) is 7.14. The van der Waals surface area contributed by atoms with Gasteiger partial charge in [0.15, 0.2) is 0 Å². The van der Waals surface area contributed by atoms with Crippen LogP contribution in [0.15, 0.2) is 10.3 Å². The first-order chi connectivity index (χ1) is 12.3. The quantitative estimate of drug-likeness (QED) is 0.612. The highest BCUT2D eigenvalue weighted by atomic mass is 16.5. The van der Waals surface area contributed by atoms with Gasteiger partial charge < -0.3 is 10.8 Å². The second kappa shape index (κ2) is 8.31. The molecular formula is C19H35N5O. The van der Waals surface area contributed by atoms with Gasteiger partial charge in [-0.15, -0.1) is 0 Å². The van der Waals surface area contributed by atoms with Gasteiger partial charge in [0.05, 0.1) is 24.7 Å². The van der Waals surface area contributed by atoms with Crippen LogP contribution in [0.25, 0.3) is 0 Å². The number of hydrogen-bond acceptors (Lipinski definition) is 5. The molecule has 25 heavy (non-hydrogen) atoms. The highest BCUT2D eigenvalue weighted by Crippen LogP contribution is 2.37. The Morgan fingerprint density at radius 2 is 1.64 bits per heavy atom. The molecule has 0 spiro atoms. The summed E-state index contributed by atoms with van der Waals surface area (Å²) in [6.45, 7) is 0.967. The predicted molar refractivity (Wildman–Crippen MR) is 97.4 cm³/mol. The lowest BCUT2D eigenvalue weighted by Gasteiger charge is -2.41. The van der Waals surface area contributed by atoms with Crippen molar-refractivity contribution in [2.45, 2.75) is 108 Å². The number of nitrogens with zero attached hydrogens (tertiary/aromatic N) is 4. The maximum Gasteiger partial charge on any atom is 0.0966 e. The standard InChI is InChI=1S/C19H35N5O/c25-22-23(14-15-7-3-1-4-8-15)17-11-12-19-18(13-17)20-21-24(19)16-9-5-2-6-10-16/h15-19H,1-14,22H2. The first kappa shape index (κ1) is 17.7. The Balaban J connectivity index is 1.32. The molecule has 6 heteroatoms. The van der Waals surface area contributed by atoms with E-state index in [4.69, 9.17) is 0 Å². The first-order valence-electron chi connectivity index (χ1n) is 10.8. The molecular weight excluding hydrogens is 314 g/mol. The summed E-state index contributed by atoms with van der Waals surface area (Å²) in [5, 5.41) is 25.4. The fraction of sp³-hybridized carbons (Fsp3) is 1.00. The van der Waals surface area contributed by atoms with Gasteiger partial charge in [-0.3, -0.25) is 5.01 Å². The largest absolute Gasteiger partial charge is 0.614 e. The molecule has 3 aliphatic carbocycles. The zero-order valence-electron chi connectivity index (χ0n) is 15.6. The molecule has 4 rings (SSSR count). The summed E-state index contributed by atoms with van der Waals surface area (Å²) in [6.07, 6.45) is 16.6. The van der Waals surface area contributed by atoms with E-state index >= 15 is 0 Å². The minimum absolute atomic E-state index is 0.314. The fourth-order valence-corrected chi connectivity index (χ4v) is 5.67. The van der Waals surface area contributed by atoms with Crippen molar-refractivity contribution in [2.75, 3.05) is 6.54 Å². The van der Waals surface area contributed by atoms with Gasteiger partial charge >= 0.3 is 0 Å². The van der Waals surface area contributed by atoms with Gasteiger partial charge in [0.1, 0.15) is 0 Å². The van der Waals surface area contributed by atoms with Crippen molar-refractivity contribution < 1.29 is 5.59 Å². The summed E-state index contributed by atoms with van der Waals surface area (Å²) in [6, 6.07) is 1.82. The first-order valence-corrected chi connectivity index (χ1v) is 10.8. The molecule has 1 heterocycles. The topological polar surface area (TPSA) is 70.9 Å². The number of nitrogens with two attached hydrogens (primary N) is 1. The molecule has 2 N–H and O–H groups in total. The molecule has 0 aromatic carbocycles. The summed E-state index contributed by atoms with van der Waals surface area (Å²) in [5.41, 5.74) is 1.12. The van der Waals surface area contributed by atoms with E-state index in [1.54, 1.807) is 0 Å². The van der Waals surface area contributed by atoms with Crippen LogP contribution in [0.1, 0.15) is 83.5 Å². The molecule has 3 atom stereocenters. The Morgan fingerprint density at radius 3 is 2.36 bits per heavy atom. The summed E-state index contributed by atoms with van der Waals surface area (Å²) in [5.74, 6) is 0.723. The number of hydrogen-bond donors (Lipinski definition) is 1. The Kier molecular flexibility index (Phi) is 5.88. The molecule has 3 fully saturated rings. The Labute approximate surface area is 151 Å². The summed E-state index contributed by atoms with van der Waals surface area (Å²) < 4.78 is 0. The van der Waals surface area contributed by atoms with Crippen LogP contribution >= 0.6 is 0 Å². The normalized spacial score (nSPS) is 34.6. The Morgan fingerprint density at radius 1 is 0.920 bits per heavy atom. The van der Waals surface area contributed by atoms with Crippen LogP contribution in [0.5, 0.6) is 0 Å². The molecule has 0 saturated heterocycles. The maximum absolute atomic E-state index is 11.7. The smallest absolute Gasteiger partial charge is 0.0966 e. The van der Waals surface area contributed by atoms with E-state index in [-0.39, 0.29) is 0 Å². The lowest BCUT2D eigenvalue weighted by molar-refractivity contribution is -0.762. The summed E-state index contributed by atoms with van der Waals surface area (Å²) in [4.78, 5) is 0. The van der Waals surface area contributed by atoms with Crippen LogP contribution in [0, 0.1) is 11.1 Å². The van der Waals surface area contributed by atoms with Gasteiger partial charge in [-0.25, -0.2) is 0 Å². The number of fused-ring (bicyclic) bond motifs is 1. The highest BCUT2D eigenvalue weighted by Gasteiger charge is 2.43. The maximum atomic E-state index is 11.7. The molecule has 0 aromatic heterocycles. The Hall–Kier alpha value is -0.720. The van der Waals surface area contributed by atoms with E-state index in [0.29, 0.717) is 24.2 Å². The van der Waals surface area contributed by atoms with Crippen molar-refractivity contribution in [1.82, 2.24) is 10.0 Å². The Bertz CT molecular complexity index is 447. The van der Waals surface area contributed by atoms with Gasteiger partial charge in [-0.2, -0.15) is 10.1 Å². The molecule has 4 aliphatic rings. The van der Waals surface area contributed by atoms with E-state index in [1.807, 2.05) is 0 Å². The van der Waals surface area contributed by atoms with E-state index in [9.17, 15) is 5.21 Å². The van der Waals surface area contributed by atoms with Crippen molar-refractivity contribution in [2.24, 2.45) is 16.3 Å². The number of quaternary nitrogens is 1. The average molecular weight is 350 g/mol. The second-order valence-electron chi connectivity index (χ2n) is 8.78. The van der Waals surface area contributed by atoms with Gasteiger partial charge in [-0.05, 0) is 50.9 Å². The fourth-order valence-electron chi connectivity index (χ4n) is 5.67. The van der Waals surface area contributed by atoms with Crippen LogP contribution in [0.4, 0.5) is 0 Å². The van der Waals surface area contributed by atoms with Gasteiger partial charge in [0, 0.05) is 6.04 Å². The second-order valence-corrected chi connectivity index (χ2v) is 8.78. The van der Waals surface area contributed by atoms with E-state index in [0.717, 1.165) is 37.3 Å². The molecule has 142 valence electrons. The molecule has 1 aliphatic heterocycles. The van der Waals surface area contributed by atoms with Gasteiger partial charge in [-0.1, -0.05) is 43.7 Å². The molecule has 0 amide bonds. The third-order valence-corrected chi connectivity index (χ3v) is 7.14. The monoisotopic (exact) mass is 349 g/mol. The van der Waals surface area contributed by atoms with Crippen molar-refractivity contribution in [3.8, 4) is 0 Å². The van der Waals surface area contributed by atoms with Crippen LogP contribution in [0.3, 0.4) is 0 Å². The molecule has 6 nitrogen and oxygen atoms in total. The van der Waals surface area contributed by atoms with E-state index in [2.05, 4.69) is 20.4 Å². The summed E-state index contributed by atoms with van der Waals surface area (Å²) >= 11 is 0. The molecule has 3 unspecified atom stereocenters. The molecule has 0 bridgehead atoms. The minimum Gasteiger partial charge on any atom is -0.614 e. The van der Waals surface area contributed by atoms with Crippen molar-refractivity contribution in [3.63, 3.8) is 0 Å². The van der Waals surface area contributed by atoms with Crippen LogP contribution in [0.2, 0.25) is 0 Å². The van der Waals surface area contributed by atoms with Crippen LogP contribution in [-0.4, -0.2) is 40.7 Å². The molecule has 0 radical (unpaired) electrons. The highest BCUT2D eigenvalue weighted by molar-refractivity contribution is 4.97. The average Bonchev–Trinajstić information content (AvgIpc) is 3.11. The van der Waals surface area contributed by atoms with Crippen molar-refractivity contribution >= 4 is 0 Å². The minimum atomic E-state index is 0.314. The van der Waals surface area contributed by atoms with Crippen molar-refractivity contribution in [3.05, 3.63) is 5.21 Å². The van der Waals surface area contributed by atoms with E-state index in [1.165, 1.54) is 64.2 Å². The SMILES string of the molecule is [O-][NH2+]N(CC1CCCCC1)C1CCC2C(C1)N=NN2C1CCCCC1. The number of rotatable bonds is 5. The predicted octanol–water partition coefficient (Wildman–Crippen LogP) is 3.15. The van der Waals surface area contributed by atoms with Crippen molar-refractivity contribution in [1.29, 1.82) is 0 Å². The molecule has 3 saturated carbocycles.